The Morgan fingerprint density at radius 3 is 2.28 bits per heavy atom. The van der Waals surface area contributed by atoms with Crippen molar-refractivity contribution in [3.05, 3.63) is 83.2 Å². The molecule has 36 heavy (non-hydrogen) atoms. The number of piperazine rings is 1. The van der Waals surface area contributed by atoms with Crippen LogP contribution in [-0.2, 0) is 30.5 Å². The third-order valence-electron chi connectivity index (χ3n) is 6.33. The number of aryl methyl sites for hydroxylation is 1. The Morgan fingerprint density at radius 2 is 1.64 bits per heavy atom. The molecule has 1 aliphatic rings. The molecule has 192 valence electrons. The number of hydrogen-bond donors (Lipinski definition) is 1. The lowest BCUT2D eigenvalue weighted by Crippen LogP contribution is -2.49. The maximum Gasteiger partial charge on any atom is 0.416 e. The first kappa shape index (κ1) is 25.9. The van der Waals surface area contributed by atoms with Gasteiger partial charge in [0.2, 0.25) is 5.91 Å². The second-order valence-corrected chi connectivity index (χ2v) is 9.15. The van der Waals surface area contributed by atoms with Gasteiger partial charge < -0.3 is 5.32 Å². The molecule has 1 N–H and O–H groups in total. The maximum atomic E-state index is 12.7. The topological polar surface area (TPSA) is 53.4 Å². The van der Waals surface area contributed by atoms with Crippen molar-refractivity contribution in [3.63, 3.8) is 0 Å². The molecular formula is C27H32F3N5O. The highest BCUT2D eigenvalue weighted by molar-refractivity contribution is 5.78. The van der Waals surface area contributed by atoms with Crippen LogP contribution in [0.1, 0.15) is 35.9 Å². The summed E-state index contributed by atoms with van der Waals surface area (Å²) in [5.74, 6) is -0.0440. The van der Waals surface area contributed by atoms with E-state index in [1.165, 1.54) is 12.1 Å². The van der Waals surface area contributed by atoms with Crippen molar-refractivity contribution in [1.82, 2.24) is 24.9 Å². The van der Waals surface area contributed by atoms with E-state index in [2.05, 4.69) is 28.1 Å². The van der Waals surface area contributed by atoms with Crippen LogP contribution in [0.4, 0.5) is 13.2 Å². The summed E-state index contributed by atoms with van der Waals surface area (Å²) >= 11 is 0. The number of halogens is 3. The molecule has 2 aromatic carbocycles. The lowest BCUT2D eigenvalue weighted by molar-refractivity contribution is -0.137. The molecule has 1 saturated heterocycles. The van der Waals surface area contributed by atoms with Crippen molar-refractivity contribution in [1.29, 1.82) is 0 Å². The molecule has 6 nitrogen and oxygen atoms in total. The Kier molecular flexibility index (Phi) is 8.43. The number of carbonyl (C=O) groups is 1. The van der Waals surface area contributed by atoms with Crippen LogP contribution in [0.15, 0.2) is 60.7 Å². The molecule has 0 unspecified atom stereocenters. The fourth-order valence-corrected chi connectivity index (χ4v) is 4.40. The van der Waals surface area contributed by atoms with Gasteiger partial charge in [0.15, 0.2) is 0 Å². The van der Waals surface area contributed by atoms with Gasteiger partial charge in [-0.2, -0.15) is 18.3 Å². The van der Waals surface area contributed by atoms with Crippen LogP contribution in [-0.4, -0.2) is 58.2 Å². The van der Waals surface area contributed by atoms with Gasteiger partial charge in [-0.3, -0.25) is 14.6 Å². The van der Waals surface area contributed by atoms with Crippen molar-refractivity contribution in [2.45, 2.75) is 39.0 Å². The van der Waals surface area contributed by atoms with Crippen LogP contribution in [0.5, 0.6) is 0 Å². The number of nitrogens with zero attached hydrogens (tertiary/aromatic N) is 4. The number of alkyl halides is 3. The molecule has 9 heteroatoms. The summed E-state index contributed by atoms with van der Waals surface area (Å²) in [4.78, 5) is 16.9. The van der Waals surface area contributed by atoms with E-state index in [1.807, 2.05) is 35.0 Å². The Bertz CT molecular complexity index is 1120. The summed E-state index contributed by atoms with van der Waals surface area (Å²) < 4.78 is 40.2. The van der Waals surface area contributed by atoms with Crippen molar-refractivity contribution < 1.29 is 18.0 Å². The predicted octanol–water partition coefficient (Wildman–Crippen LogP) is 4.28. The summed E-state index contributed by atoms with van der Waals surface area (Å²) in [6.07, 6.45) is -2.40. The summed E-state index contributed by atoms with van der Waals surface area (Å²) in [6.45, 7) is 6.41. The molecule has 0 atom stereocenters. The number of aromatic nitrogens is 2. The van der Waals surface area contributed by atoms with Crippen molar-refractivity contribution in [2.24, 2.45) is 0 Å². The number of rotatable bonds is 9. The molecule has 1 aliphatic heterocycles. The van der Waals surface area contributed by atoms with E-state index in [1.54, 1.807) is 0 Å². The maximum absolute atomic E-state index is 12.7. The standard InChI is InChI=1S/C27H32F3N5O/c1-2-6-25-17-23(32-35(25)24-7-4-3-5-8-24)18-31-26(36)20-34-15-13-33(14-16-34)19-21-9-11-22(12-10-21)27(28,29)30/h3-5,7-12,17H,2,6,13-16,18-20H2,1H3,(H,31,36). The zero-order valence-electron chi connectivity index (χ0n) is 20.5. The van der Waals surface area contributed by atoms with Gasteiger partial charge in [-0.25, -0.2) is 4.68 Å². The Hall–Kier alpha value is -3.17. The SMILES string of the molecule is CCCc1cc(CNC(=O)CN2CCN(Cc3ccc(C(F)(F)F)cc3)CC2)nn1-c1ccccc1. The third kappa shape index (κ3) is 6.95. The van der Waals surface area contributed by atoms with Crippen molar-refractivity contribution in [3.8, 4) is 5.69 Å². The van der Waals surface area contributed by atoms with Gasteiger partial charge in [-0.05, 0) is 42.3 Å². The average Bonchev–Trinajstić information content (AvgIpc) is 3.27. The Balaban J connectivity index is 1.23. The second-order valence-electron chi connectivity index (χ2n) is 9.15. The molecule has 0 bridgehead atoms. The van der Waals surface area contributed by atoms with Gasteiger partial charge in [-0.15, -0.1) is 0 Å². The number of amides is 1. The fraction of sp³-hybridized carbons (Fsp3) is 0.407. The molecule has 2 heterocycles. The normalized spacial score (nSPS) is 15.2. The van der Waals surface area contributed by atoms with Crippen LogP contribution in [0.2, 0.25) is 0 Å². The predicted molar refractivity (Wildman–Crippen MR) is 133 cm³/mol. The van der Waals surface area contributed by atoms with Crippen LogP contribution in [0.3, 0.4) is 0 Å². The van der Waals surface area contributed by atoms with E-state index in [0.717, 1.165) is 73.8 Å². The number of benzene rings is 2. The van der Waals surface area contributed by atoms with Crippen molar-refractivity contribution >= 4 is 5.91 Å². The van der Waals surface area contributed by atoms with Crippen LogP contribution in [0.25, 0.3) is 5.69 Å². The van der Waals surface area contributed by atoms with Crippen molar-refractivity contribution in [2.75, 3.05) is 32.7 Å². The van der Waals surface area contributed by atoms with Gasteiger partial charge >= 0.3 is 6.18 Å². The minimum absolute atomic E-state index is 0.0440. The number of carbonyl (C=O) groups excluding carboxylic acids is 1. The smallest absolute Gasteiger partial charge is 0.349 e. The first-order valence-corrected chi connectivity index (χ1v) is 12.3. The number of para-hydroxylation sites is 1. The highest BCUT2D eigenvalue weighted by Gasteiger charge is 2.30. The van der Waals surface area contributed by atoms with Gasteiger partial charge in [-0.1, -0.05) is 43.7 Å². The van der Waals surface area contributed by atoms with Crippen LogP contribution < -0.4 is 5.32 Å². The van der Waals surface area contributed by atoms with Gasteiger partial charge in [0.05, 0.1) is 30.0 Å². The quantitative estimate of drug-likeness (QED) is 0.478. The molecule has 3 aromatic rings. The first-order chi connectivity index (χ1) is 17.3. The second kappa shape index (κ2) is 11.7. The summed E-state index contributed by atoms with van der Waals surface area (Å²) in [6, 6.07) is 17.4. The van der Waals surface area contributed by atoms with E-state index in [-0.39, 0.29) is 5.91 Å². The van der Waals surface area contributed by atoms with E-state index in [0.29, 0.717) is 19.6 Å². The van der Waals surface area contributed by atoms with Gasteiger partial charge in [0.25, 0.3) is 0 Å². The lowest BCUT2D eigenvalue weighted by atomic mass is 10.1. The minimum Gasteiger partial charge on any atom is -0.349 e. The third-order valence-corrected chi connectivity index (χ3v) is 6.33. The molecule has 1 aromatic heterocycles. The van der Waals surface area contributed by atoms with Gasteiger partial charge in [0, 0.05) is 38.4 Å². The zero-order chi connectivity index (χ0) is 25.5. The Labute approximate surface area is 209 Å². The zero-order valence-corrected chi connectivity index (χ0v) is 20.5. The van der Waals surface area contributed by atoms with Gasteiger partial charge in [0.1, 0.15) is 0 Å². The molecular weight excluding hydrogens is 467 g/mol. The largest absolute Gasteiger partial charge is 0.416 e. The molecule has 1 fully saturated rings. The average molecular weight is 500 g/mol. The van der Waals surface area contributed by atoms with E-state index >= 15 is 0 Å². The first-order valence-electron chi connectivity index (χ1n) is 12.3. The van der Waals surface area contributed by atoms with E-state index in [9.17, 15) is 18.0 Å². The molecule has 0 aliphatic carbocycles. The summed E-state index contributed by atoms with van der Waals surface area (Å²) in [5.41, 5.74) is 3.18. The molecule has 0 radical (unpaired) electrons. The fourth-order valence-electron chi connectivity index (χ4n) is 4.40. The van der Waals surface area contributed by atoms with E-state index in [4.69, 9.17) is 5.10 Å². The minimum atomic E-state index is -4.32. The summed E-state index contributed by atoms with van der Waals surface area (Å²) in [5, 5.41) is 7.69. The molecule has 1 amide bonds. The van der Waals surface area contributed by atoms with E-state index < -0.39 is 11.7 Å². The highest BCUT2D eigenvalue weighted by Crippen LogP contribution is 2.29. The monoisotopic (exact) mass is 499 g/mol. The lowest BCUT2D eigenvalue weighted by Gasteiger charge is -2.34. The highest BCUT2D eigenvalue weighted by atomic mass is 19.4. The molecule has 4 rings (SSSR count). The Morgan fingerprint density at radius 1 is 0.972 bits per heavy atom. The molecule has 0 spiro atoms. The number of nitrogens with one attached hydrogen (secondary N) is 1. The number of hydrogen-bond acceptors (Lipinski definition) is 4. The van der Waals surface area contributed by atoms with Crippen LogP contribution in [0, 0.1) is 0 Å². The van der Waals surface area contributed by atoms with Crippen LogP contribution >= 0.6 is 0 Å². The summed E-state index contributed by atoms with van der Waals surface area (Å²) in [7, 11) is 0. The molecule has 0 saturated carbocycles.